The summed E-state index contributed by atoms with van der Waals surface area (Å²) in [6, 6.07) is 5.50. The summed E-state index contributed by atoms with van der Waals surface area (Å²) in [6.45, 7) is 10.6. The van der Waals surface area contributed by atoms with Crippen LogP contribution in [0.15, 0.2) is 18.2 Å². The molecule has 1 aliphatic heterocycles. The predicted octanol–water partition coefficient (Wildman–Crippen LogP) is 2.97. The molecule has 0 bridgehead atoms. The Morgan fingerprint density at radius 1 is 1.39 bits per heavy atom. The van der Waals surface area contributed by atoms with Crippen molar-refractivity contribution in [1.82, 2.24) is 4.90 Å². The van der Waals surface area contributed by atoms with Gasteiger partial charge in [-0.15, -0.1) is 0 Å². The number of aliphatic hydroxyl groups is 1. The van der Waals surface area contributed by atoms with E-state index in [4.69, 9.17) is 9.47 Å². The molecule has 2 rings (SSSR count). The van der Waals surface area contributed by atoms with Gasteiger partial charge in [-0.05, 0) is 45.7 Å². The minimum absolute atomic E-state index is 0.299. The summed E-state index contributed by atoms with van der Waals surface area (Å²) >= 11 is 0. The van der Waals surface area contributed by atoms with Crippen molar-refractivity contribution >= 4 is 6.09 Å². The maximum Gasteiger partial charge on any atom is 0.410 e. The number of carbonyl (C=O) groups excluding carboxylic acids is 1. The van der Waals surface area contributed by atoms with E-state index in [1.807, 2.05) is 52.8 Å². The molecule has 1 amide bonds. The van der Waals surface area contributed by atoms with Crippen LogP contribution in [-0.4, -0.2) is 47.5 Å². The van der Waals surface area contributed by atoms with Gasteiger partial charge in [-0.3, -0.25) is 4.90 Å². The first-order chi connectivity index (χ1) is 10.7. The Labute approximate surface area is 138 Å². The van der Waals surface area contributed by atoms with Crippen LogP contribution in [-0.2, 0) is 9.47 Å². The number of benzene rings is 1. The fraction of sp³-hybridized carbons (Fsp3) is 0.611. The van der Waals surface area contributed by atoms with Crippen LogP contribution < -0.4 is 0 Å². The Bertz CT molecular complexity index is 565. The van der Waals surface area contributed by atoms with Crippen molar-refractivity contribution in [2.45, 2.75) is 52.4 Å². The van der Waals surface area contributed by atoms with Crippen LogP contribution in [0, 0.1) is 13.8 Å². The van der Waals surface area contributed by atoms with Gasteiger partial charge in [0.25, 0.3) is 0 Å². The lowest BCUT2D eigenvalue weighted by Gasteiger charge is -2.39. The van der Waals surface area contributed by atoms with Crippen LogP contribution in [0.2, 0.25) is 0 Å². The molecule has 2 unspecified atom stereocenters. The molecule has 1 aromatic rings. The molecule has 1 aromatic carbocycles. The molecule has 5 heteroatoms. The zero-order valence-corrected chi connectivity index (χ0v) is 14.6. The van der Waals surface area contributed by atoms with Crippen LogP contribution in [0.1, 0.15) is 43.6 Å². The SMILES string of the molecule is Cc1ccc(C)c(C(O)C2COCCN2C(=O)OC(C)(C)C)c1. The summed E-state index contributed by atoms with van der Waals surface area (Å²) in [5, 5.41) is 10.8. The first-order valence-corrected chi connectivity index (χ1v) is 8.01. The van der Waals surface area contributed by atoms with E-state index in [1.165, 1.54) is 0 Å². The van der Waals surface area contributed by atoms with Crippen molar-refractivity contribution in [3.63, 3.8) is 0 Å². The quantitative estimate of drug-likeness (QED) is 0.910. The first-order valence-electron chi connectivity index (χ1n) is 8.01. The van der Waals surface area contributed by atoms with Gasteiger partial charge in [0.15, 0.2) is 0 Å². The van der Waals surface area contributed by atoms with Crippen LogP contribution in [0.5, 0.6) is 0 Å². The second-order valence-electron chi connectivity index (χ2n) is 7.12. The molecule has 1 heterocycles. The van der Waals surface area contributed by atoms with Gasteiger partial charge in [-0.25, -0.2) is 4.79 Å². The van der Waals surface area contributed by atoms with Crippen molar-refractivity contribution in [1.29, 1.82) is 0 Å². The second kappa shape index (κ2) is 6.89. The van der Waals surface area contributed by atoms with Crippen molar-refractivity contribution in [2.75, 3.05) is 19.8 Å². The molecule has 0 spiro atoms. The number of hydrogen-bond donors (Lipinski definition) is 1. The number of nitrogens with zero attached hydrogens (tertiary/aromatic N) is 1. The smallest absolute Gasteiger partial charge is 0.410 e. The van der Waals surface area contributed by atoms with Gasteiger partial charge in [0.2, 0.25) is 0 Å². The largest absolute Gasteiger partial charge is 0.444 e. The molecule has 1 fully saturated rings. The van der Waals surface area contributed by atoms with E-state index in [0.717, 1.165) is 16.7 Å². The summed E-state index contributed by atoms with van der Waals surface area (Å²) in [5.41, 5.74) is 2.33. The lowest BCUT2D eigenvalue weighted by Crippen LogP contribution is -2.52. The number of ether oxygens (including phenoxy) is 2. The molecule has 128 valence electrons. The third-order valence-electron chi connectivity index (χ3n) is 3.91. The minimum Gasteiger partial charge on any atom is -0.444 e. The molecule has 0 aliphatic carbocycles. The Balaban J connectivity index is 2.23. The number of rotatable bonds is 2. The van der Waals surface area contributed by atoms with Gasteiger partial charge in [0.05, 0.1) is 19.3 Å². The third-order valence-corrected chi connectivity index (χ3v) is 3.91. The zero-order chi connectivity index (χ0) is 17.2. The van der Waals surface area contributed by atoms with E-state index in [2.05, 4.69) is 0 Å². The van der Waals surface area contributed by atoms with Crippen LogP contribution >= 0.6 is 0 Å². The van der Waals surface area contributed by atoms with Crippen molar-refractivity contribution in [3.05, 3.63) is 34.9 Å². The number of morpholine rings is 1. The zero-order valence-electron chi connectivity index (χ0n) is 14.6. The van der Waals surface area contributed by atoms with E-state index in [9.17, 15) is 9.90 Å². The van der Waals surface area contributed by atoms with Crippen molar-refractivity contribution < 1.29 is 19.4 Å². The lowest BCUT2D eigenvalue weighted by molar-refractivity contribution is -0.0674. The maximum atomic E-state index is 12.4. The minimum atomic E-state index is -0.803. The Hall–Kier alpha value is -1.59. The summed E-state index contributed by atoms with van der Waals surface area (Å²) < 4.78 is 11.0. The number of hydrogen-bond acceptors (Lipinski definition) is 4. The molecule has 0 aromatic heterocycles. The molecule has 23 heavy (non-hydrogen) atoms. The number of aliphatic hydroxyl groups excluding tert-OH is 1. The molecule has 0 radical (unpaired) electrons. The highest BCUT2D eigenvalue weighted by molar-refractivity contribution is 5.69. The molecule has 5 nitrogen and oxygen atoms in total. The van der Waals surface area contributed by atoms with Gasteiger partial charge in [-0.2, -0.15) is 0 Å². The topological polar surface area (TPSA) is 59.0 Å². The lowest BCUT2D eigenvalue weighted by atomic mass is 9.95. The standard InChI is InChI=1S/C18H27NO4/c1-12-6-7-13(2)14(10-12)16(20)15-11-22-9-8-19(15)17(21)23-18(3,4)5/h6-7,10,15-16,20H,8-9,11H2,1-5H3. The van der Waals surface area contributed by atoms with Gasteiger partial charge >= 0.3 is 6.09 Å². The highest BCUT2D eigenvalue weighted by atomic mass is 16.6. The maximum absolute atomic E-state index is 12.4. The number of amides is 1. The van der Waals surface area contributed by atoms with Crippen LogP contribution in [0.25, 0.3) is 0 Å². The van der Waals surface area contributed by atoms with Crippen molar-refractivity contribution in [2.24, 2.45) is 0 Å². The van der Waals surface area contributed by atoms with Crippen LogP contribution in [0.4, 0.5) is 4.79 Å². The van der Waals surface area contributed by atoms with E-state index in [1.54, 1.807) is 4.90 Å². The van der Waals surface area contributed by atoms with Gasteiger partial charge < -0.3 is 14.6 Å². The van der Waals surface area contributed by atoms with E-state index < -0.39 is 23.8 Å². The van der Waals surface area contributed by atoms with E-state index in [-0.39, 0.29) is 0 Å². The highest BCUT2D eigenvalue weighted by Crippen LogP contribution is 2.28. The monoisotopic (exact) mass is 321 g/mol. The van der Waals surface area contributed by atoms with E-state index in [0.29, 0.717) is 19.8 Å². The fourth-order valence-corrected chi connectivity index (χ4v) is 2.72. The van der Waals surface area contributed by atoms with Gasteiger partial charge in [-0.1, -0.05) is 23.8 Å². The molecule has 0 saturated carbocycles. The molecule has 1 saturated heterocycles. The first kappa shape index (κ1) is 17.8. The van der Waals surface area contributed by atoms with Gasteiger partial charge in [0, 0.05) is 6.54 Å². The van der Waals surface area contributed by atoms with Gasteiger partial charge in [0.1, 0.15) is 11.7 Å². The Morgan fingerprint density at radius 2 is 2.09 bits per heavy atom. The molecular formula is C18H27NO4. The van der Waals surface area contributed by atoms with Crippen LogP contribution in [0.3, 0.4) is 0 Å². The fourth-order valence-electron chi connectivity index (χ4n) is 2.72. The normalized spacial score (nSPS) is 20.3. The third kappa shape index (κ3) is 4.45. The summed E-state index contributed by atoms with van der Waals surface area (Å²) in [7, 11) is 0. The summed E-state index contributed by atoms with van der Waals surface area (Å²) in [5.74, 6) is 0. The molecule has 2 atom stereocenters. The average molecular weight is 321 g/mol. The average Bonchev–Trinajstić information content (AvgIpc) is 2.47. The molecule has 1 aliphatic rings. The molecule has 1 N–H and O–H groups in total. The van der Waals surface area contributed by atoms with E-state index >= 15 is 0 Å². The summed E-state index contributed by atoms with van der Waals surface area (Å²) in [4.78, 5) is 14.0. The molecular weight excluding hydrogens is 294 g/mol. The summed E-state index contributed by atoms with van der Waals surface area (Å²) in [6.07, 6.45) is -1.21. The van der Waals surface area contributed by atoms with Crippen molar-refractivity contribution in [3.8, 4) is 0 Å². The second-order valence-corrected chi connectivity index (χ2v) is 7.12. The number of carbonyl (C=O) groups is 1. The predicted molar refractivity (Wildman–Crippen MR) is 88.4 cm³/mol. The Morgan fingerprint density at radius 3 is 2.74 bits per heavy atom. The highest BCUT2D eigenvalue weighted by Gasteiger charge is 2.36. The Kier molecular flexibility index (Phi) is 5.32. The number of aryl methyl sites for hydroxylation is 2.